The molecule has 1 heterocycles. The summed E-state index contributed by atoms with van der Waals surface area (Å²) in [6.07, 6.45) is 0.675. The second-order valence-electron chi connectivity index (χ2n) is 4.55. The van der Waals surface area contributed by atoms with Crippen molar-refractivity contribution in [3.63, 3.8) is 0 Å². The van der Waals surface area contributed by atoms with Crippen LogP contribution in [0.5, 0.6) is 0 Å². The van der Waals surface area contributed by atoms with E-state index in [0.717, 1.165) is 10.4 Å². The summed E-state index contributed by atoms with van der Waals surface area (Å²) in [6, 6.07) is 8.20. The van der Waals surface area contributed by atoms with Crippen LogP contribution in [0.2, 0.25) is 5.02 Å². The van der Waals surface area contributed by atoms with Crippen LogP contribution in [0.3, 0.4) is 0 Å². The molecule has 2 aromatic rings. The number of halogens is 1. The minimum atomic E-state index is -3.61. The fraction of sp³-hybridized carbons (Fsp3) is 0.286. The number of nitrogens with two attached hydrogens (primary N) is 1. The number of sulfonamides is 1. The molecule has 4 nitrogen and oxygen atoms in total. The van der Waals surface area contributed by atoms with Crippen molar-refractivity contribution in [3.8, 4) is 0 Å². The fourth-order valence-electron chi connectivity index (χ4n) is 1.95. The molecule has 1 aromatic heterocycles. The number of benzene rings is 1. The molecule has 21 heavy (non-hydrogen) atoms. The molecule has 0 aliphatic heterocycles. The van der Waals surface area contributed by atoms with Gasteiger partial charge in [0, 0.05) is 16.4 Å². The fourth-order valence-corrected chi connectivity index (χ4v) is 4.53. The molecule has 0 aliphatic rings. The van der Waals surface area contributed by atoms with Gasteiger partial charge in [0.2, 0.25) is 10.0 Å². The Morgan fingerprint density at radius 1 is 1.38 bits per heavy atom. The van der Waals surface area contributed by atoms with Gasteiger partial charge in [-0.05, 0) is 35.6 Å². The number of hydrogen-bond acceptors (Lipinski definition) is 4. The molecule has 3 N–H and O–H groups in total. The summed E-state index contributed by atoms with van der Waals surface area (Å²) in [7, 11) is -3.61. The Bertz CT molecular complexity index is 700. The van der Waals surface area contributed by atoms with Gasteiger partial charge < -0.3 is 5.73 Å². The van der Waals surface area contributed by atoms with E-state index in [1.54, 1.807) is 6.07 Å². The summed E-state index contributed by atoms with van der Waals surface area (Å²) in [4.78, 5) is 1.14. The van der Waals surface area contributed by atoms with Crippen molar-refractivity contribution in [1.82, 2.24) is 4.72 Å². The molecule has 0 aliphatic carbocycles. The van der Waals surface area contributed by atoms with E-state index < -0.39 is 10.0 Å². The second-order valence-corrected chi connectivity index (χ2v) is 7.66. The number of thiophene rings is 1. The maximum absolute atomic E-state index is 12.5. The van der Waals surface area contributed by atoms with Gasteiger partial charge in [-0.25, -0.2) is 13.1 Å². The summed E-state index contributed by atoms with van der Waals surface area (Å²) in [5.74, 6) is 0. The first kappa shape index (κ1) is 16.5. The highest BCUT2D eigenvalue weighted by Crippen LogP contribution is 2.26. The number of nitrogens with one attached hydrogen (secondary N) is 1. The molecule has 0 saturated carbocycles. The van der Waals surface area contributed by atoms with Crippen molar-refractivity contribution in [2.75, 3.05) is 0 Å². The predicted octanol–water partition coefficient (Wildman–Crippen LogP) is 3.29. The lowest BCUT2D eigenvalue weighted by molar-refractivity contribution is 0.553. The van der Waals surface area contributed by atoms with Crippen LogP contribution in [0.15, 0.2) is 40.6 Å². The van der Waals surface area contributed by atoms with E-state index in [4.69, 9.17) is 17.3 Å². The molecule has 7 heteroatoms. The van der Waals surface area contributed by atoms with E-state index in [0.29, 0.717) is 11.4 Å². The number of rotatable bonds is 6. The van der Waals surface area contributed by atoms with Crippen molar-refractivity contribution in [3.05, 3.63) is 51.2 Å². The topological polar surface area (TPSA) is 72.2 Å². The molecule has 0 spiro atoms. The minimum Gasteiger partial charge on any atom is -0.326 e. The molecule has 1 atom stereocenters. The quantitative estimate of drug-likeness (QED) is 0.844. The third-order valence-corrected chi connectivity index (χ3v) is 5.95. The van der Waals surface area contributed by atoms with Crippen LogP contribution < -0.4 is 10.5 Å². The van der Waals surface area contributed by atoms with Gasteiger partial charge in [-0.15, -0.1) is 11.3 Å². The van der Waals surface area contributed by atoms with E-state index in [2.05, 4.69) is 4.72 Å². The van der Waals surface area contributed by atoms with Crippen LogP contribution in [-0.4, -0.2) is 8.42 Å². The number of hydrogen-bond donors (Lipinski definition) is 2. The zero-order valence-electron chi connectivity index (χ0n) is 11.5. The Balaban J connectivity index is 2.27. The monoisotopic (exact) mass is 344 g/mol. The highest BCUT2D eigenvalue weighted by Gasteiger charge is 2.21. The smallest absolute Gasteiger partial charge is 0.241 e. The molecule has 0 radical (unpaired) electrons. The Morgan fingerprint density at radius 3 is 2.67 bits per heavy atom. The highest BCUT2D eigenvalue weighted by atomic mass is 35.5. The van der Waals surface area contributed by atoms with Gasteiger partial charge >= 0.3 is 0 Å². The minimum absolute atomic E-state index is 0.153. The van der Waals surface area contributed by atoms with E-state index in [9.17, 15) is 8.42 Å². The van der Waals surface area contributed by atoms with Gasteiger partial charge in [0.05, 0.1) is 10.9 Å². The molecule has 0 saturated heterocycles. The molecule has 0 amide bonds. The van der Waals surface area contributed by atoms with Crippen molar-refractivity contribution in [2.45, 2.75) is 30.8 Å². The van der Waals surface area contributed by atoms with Crippen molar-refractivity contribution >= 4 is 33.0 Å². The highest BCUT2D eigenvalue weighted by molar-refractivity contribution is 7.89. The standard InChI is InChI=1S/C14H17ClN2O2S2/c1-2-13(14-4-3-7-20-14)17-21(18,19)11-6-5-10(9-16)12(15)8-11/h3-8,13,17H,2,9,16H2,1H3. The predicted molar refractivity (Wildman–Crippen MR) is 87.0 cm³/mol. The first-order valence-corrected chi connectivity index (χ1v) is 9.26. The van der Waals surface area contributed by atoms with Crippen LogP contribution in [-0.2, 0) is 16.6 Å². The lowest BCUT2D eigenvalue weighted by atomic mass is 10.2. The van der Waals surface area contributed by atoms with Gasteiger partial charge in [-0.3, -0.25) is 0 Å². The molecule has 0 bridgehead atoms. The summed E-state index contributed by atoms with van der Waals surface area (Å²) in [6.45, 7) is 2.22. The van der Waals surface area contributed by atoms with E-state index in [1.165, 1.54) is 23.5 Å². The SMILES string of the molecule is CCC(NS(=O)(=O)c1ccc(CN)c(Cl)c1)c1cccs1. The van der Waals surface area contributed by atoms with Crippen molar-refractivity contribution in [1.29, 1.82) is 0 Å². The van der Waals surface area contributed by atoms with Crippen LogP contribution >= 0.6 is 22.9 Å². The van der Waals surface area contributed by atoms with Gasteiger partial charge in [-0.2, -0.15) is 0 Å². The molecule has 2 rings (SSSR count). The molecule has 0 fully saturated rings. The van der Waals surface area contributed by atoms with E-state index >= 15 is 0 Å². The van der Waals surface area contributed by atoms with E-state index in [-0.39, 0.29) is 17.5 Å². The van der Waals surface area contributed by atoms with Crippen LogP contribution in [0.25, 0.3) is 0 Å². The third kappa shape index (κ3) is 3.84. The Hall–Kier alpha value is -0.920. The Labute approximate surface area is 134 Å². The third-order valence-electron chi connectivity index (χ3n) is 3.15. The van der Waals surface area contributed by atoms with Crippen molar-refractivity contribution in [2.24, 2.45) is 5.73 Å². The molecule has 114 valence electrons. The normalized spacial score (nSPS) is 13.3. The van der Waals surface area contributed by atoms with Gasteiger partial charge in [-0.1, -0.05) is 30.7 Å². The van der Waals surface area contributed by atoms with Gasteiger partial charge in [0.25, 0.3) is 0 Å². The Morgan fingerprint density at radius 2 is 2.14 bits per heavy atom. The molecular weight excluding hydrogens is 328 g/mol. The average Bonchev–Trinajstić information content (AvgIpc) is 2.98. The van der Waals surface area contributed by atoms with Crippen LogP contribution in [0.1, 0.15) is 29.8 Å². The zero-order valence-corrected chi connectivity index (χ0v) is 13.9. The second kappa shape index (κ2) is 6.89. The first-order valence-electron chi connectivity index (χ1n) is 6.52. The molecule has 1 unspecified atom stereocenters. The lowest BCUT2D eigenvalue weighted by Gasteiger charge is -2.16. The van der Waals surface area contributed by atoms with Crippen LogP contribution in [0.4, 0.5) is 0 Å². The lowest BCUT2D eigenvalue weighted by Crippen LogP contribution is -2.27. The van der Waals surface area contributed by atoms with Gasteiger partial charge in [0.15, 0.2) is 0 Å². The van der Waals surface area contributed by atoms with Crippen LogP contribution in [0, 0.1) is 0 Å². The molecule has 1 aromatic carbocycles. The average molecular weight is 345 g/mol. The Kier molecular flexibility index (Phi) is 5.40. The molecular formula is C14H17ClN2O2S2. The largest absolute Gasteiger partial charge is 0.326 e. The first-order chi connectivity index (χ1) is 9.97. The summed E-state index contributed by atoms with van der Waals surface area (Å²) < 4.78 is 27.6. The maximum atomic E-state index is 12.5. The maximum Gasteiger partial charge on any atom is 0.241 e. The zero-order chi connectivity index (χ0) is 15.5. The van der Waals surface area contributed by atoms with Gasteiger partial charge in [0.1, 0.15) is 0 Å². The van der Waals surface area contributed by atoms with E-state index in [1.807, 2.05) is 24.4 Å². The summed E-state index contributed by atoms with van der Waals surface area (Å²) in [5, 5.41) is 2.30. The summed E-state index contributed by atoms with van der Waals surface area (Å²) >= 11 is 7.57. The summed E-state index contributed by atoms with van der Waals surface area (Å²) in [5.41, 5.74) is 6.25. The van der Waals surface area contributed by atoms with Crippen molar-refractivity contribution < 1.29 is 8.42 Å².